The van der Waals surface area contributed by atoms with Crippen molar-refractivity contribution in [1.82, 2.24) is 0 Å². The average Bonchev–Trinajstić information content (AvgIpc) is 2.72. The molecule has 0 saturated heterocycles. The number of halogens is 2. The summed E-state index contributed by atoms with van der Waals surface area (Å²) in [5.41, 5.74) is 0.592. The molecule has 0 fully saturated rings. The molecule has 0 amide bonds. The molecule has 1 aromatic heterocycles. The molecule has 19 heavy (non-hydrogen) atoms. The smallest absolute Gasteiger partial charge is 0.175 e. The van der Waals surface area contributed by atoms with Gasteiger partial charge in [0.05, 0.1) is 19.9 Å². The standard InChI is InChI=1S/C12H11Cl2NO2S2/c1-19(16,17)9-3-4-10(13)11(6-9)15-7-8-2-5-12(14)18-8/h2-6,15H,7H2,1H3. The van der Waals surface area contributed by atoms with Crippen molar-refractivity contribution in [3.05, 3.63) is 44.6 Å². The van der Waals surface area contributed by atoms with Crippen LogP contribution in [0.1, 0.15) is 4.88 Å². The zero-order valence-electron chi connectivity index (χ0n) is 9.98. The summed E-state index contributed by atoms with van der Waals surface area (Å²) in [6, 6.07) is 8.32. The molecule has 0 atom stereocenters. The Hall–Kier alpha value is -0.750. The number of nitrogens with one attached hydrogen (secondary N) is 1. The zero-order chi connectivity index (χ0) is 14.0. The summed E-state index contributed by atoms with van der Waals surface area (Å²) in [6.45, 7) is 0.546. The summed E-state index contributed by atoms with van der Waals surface area (Å²) < 4.78 is 23.7. The number of hydrogen-bond donors (Lipinski definition) is 1. The minimum absolute atomic E-state index is 0.239. The van der Waals surface area contributed by atoms with E-state index in [0.717, 1.165) is 4.88 Å². The molecule has 0 unspecified atom stereocenters. The van der Waals surface area contributed by atoms with Gasteiger partial charge in [-0.05, 0) is 30.3 Å². The zero-order valence-corrected chi connectivity index (χ0v) is 13.1. The van der Waals surface area contributed by atoms with E-state index >= 15 is 0 Å². The van der Waals surface area contributed by atoms with Crippen LogP contribution in [0.3, 0.4) is 0 Å². The highest BCUT2D eigenvalue weighted by Gasteiger charge is 2.10. The SMILES string of the molecule is CS(=O)(=O)c1ccc(Cl)c(NCc2ccc(Cl)s2)c1. The lowest BCUT2D eigenvalue weighted by atomic mass is 10.3. The van der Waals surface area contributed by atoms with Crippen molar-refractivity contribution < 1.29 is 8.42 Å². The number of rotatable bonds is 4. The van der Waals surface area contributed by atoms with E-state index in [2.05, 4.69) is 5.32 Å². The Balaban J connectivity index is 2.20. The van der Waals surface area contributed by atoms with Gasteiger partial charge in [0.2, 0.25) is 0 Å². The summed E-state index contributed by atoms with van der Waals surface area (Å²) in [5, 5.41) is 3.59. The average molecular weight is 336 g/mol. The van der Waals surface area contributed by atoms with E-state index in [0.29, 0.717) is 21.6 Å². The van der Waals surface area contributed by atoms with Crippen LogP contribution in [-0.2, 0) is 16.4 Å². The first-order valence-corrected chi connectivity index (χ1v) is 8.80. The first kappa shape index (κ1) is 14.7. The molecule has 0 bridgehead atoms. The van der Waals surface area contributed by atoms with E-state index in [1.54, 1.807) is 6.07 Å². The summed E-state index contributed by atoms with van der Waals surface area (Å²) >= 11 is 13.3. The van der Waals surface area contributed by atoms with Gasteiger partial charge in [-0.2, -0.15) is 0 Å². The van der Waals surface area contributed by atoms with Gasteiger partial charge in [-0.3, -0.25) is 0 Å². The summed E-state index contributed by atoms with van der Waals surface area (Å²) in [6.07, 6.45) is 1.17. The van der Waals surface area contributed by atoms with Crippen LogP contribution >= 0.6 is 34.5 Å². The van der Waals surface area contributed by atoms with Crippen molar-refractivity contribution in [3.63, 3.8) is 0 Å². The lowest BCUT2D eigenvalue weighted by molar-refractivity contribution is 0.602. The predicted molar refractivity (Wildman–Crippen MR) is 81.2 cm³/mol. The number of hydrogen-bond acceptors (Lipinski definition) is 4. The highest BCUT2D eigenvalue weighted by molar-refractivity contribution is 7.90. The quantitative estimate of drug-likeness (QED) is 0.915. The topological polar surface area (TPSA) is 46.2 Å². The molecule has 0 aliphatic rings. The maximum Gasteiger partial charge on any atom is 0.175 e. The molecule has 7 heteroatoms. The molecule has 0 aliphatic carbocycles. The Morgan fingerprint density at radius 2 is 1.95 bits per heavy atom. The Labute approximate surface area is 126 Å². The van der Waals surface area contributed by atoms with Crippen LogP contribution < -0.4 is 5.32 Å². The van der Waals surface area contributed by atoms with Gasteiger partial charge < -0.3 is 5.32 Å². The van der Waals surface area contributed by atoms with Gasteiger partial charge in [0.25, 0.3) is 0 Å². The van der Waals surface area contributed by atoms with Gasteiger partial charge in [0.15, 0.2) is 9.84 Å². The van der Waals surface area contributed by atoms with Gasteiger partial charge >= 0.3 is 0 Å². The first-order chi connectivity index (χ1) is 8.86. The molecular weight excluding hydrogens is 325 g/mol. The minimum Gasteiger partial charge on any atom is -0.379 e. The predicted octanol–water partition coefficient (Wildman–Crippen LogP) is 4.07. The summed E-state index contributed by atoms with van der Waals surface area (Å²) in [4.78, 5) is 1.29. The first-order valence-electron chi connectivity index (χ1n) is 5.34. The van der Waals surface area contributed by atoms with Crippen molar-refractivity contribution in [2.24, 2.45) is 0 Å². The highest BCUT2D eigenvalue weighted by atomic mass is 35.5. The maximum atomic E-state index is 11.5. The van der Waals surface area contributed by atoms with Crippen LogP contribution in [0.15, 0.2) is 35.2 Å². The van der Waals surface area contributed by atoms with Crippen molar-refractivity contribution in [1.29, 1.82) is 0 Å². The number of thiophene rings is 1. The molecule has 0 spiro atoms. The molecule has 0 saturated carbocycles. The second-order valence-corrected chi connectivity index (χ2v) is 8.20. The van der Waals surface area contributed by atoms with E-state index in [1.807, 2.05) is 12.1 Å². The van der Waals surface area contributed by atoms with E-state index < -0.39 is 9.84 Å². The third kappa shape index (κ3) is 3.86. The van der Waals surface area contributed by atoms with Gasteiger partial charge in [-0.15, -0.1) is 11.3 Å². The summed E-state index contributed by atoms with van der Waals surface area (Å²) in [7, 11) is -3.24. The fourth-order valence-electron chi connectivity index (χ4n) is 1.50. The number of anilines is 1. The van der Waals surface area contributed by atoms with Crippen LogP contribution in [-0.4, -0.2) is 14.7 Å². The largest absolute Gasteiger partial charge is 0.379 e. The Morgan fingerprint density at radius 1 is 1.21 bits per heavy atom. The van der Waals surface area contributed by atoms with Crippen LogP contribution in [0.25, 0.3) is 0 Å². The molecule has 0 aliphatic heterocycles. The normalized spacial score (nSPS) is 11.5. The number of benzene rings is 1. The van der Waals surface area contributed by atoms with Crippen LogP contribution in [0.2, 0.25) is 9.36 Å². The van der Waals surface area contributed by atoms with Crippen LogP contribution in [0.5, 0.6) is 0 Å². The Kier molecular flexibility index (Phi) is 4.40. The van der Waals surface area contributed by atoms with Crippen molar-refractivity contribution in [2.45, 2.75) is 11.4 Å². The van der Waals surface area contributed by atoms with Gasteiger partial charge in [-0.1, -0.05) is 23.2 Å². The van der Waals surface area contributed by atoms with Crippen LogP contribution in [0, 0.1) is 0 Å². The van der Waals surface area contributed by atoms with Gasteiger partial charge in [0, 0.05) is 17.7 Å². The number of sulfone groups is 1. The second-order valence-electron chi connectivity index (χ2n) is 3.97. The molecule has 1 aromatic carbocycles. The highest BCUT2D eigenvalue weighted by Crippen LogP contribution is 2.27. The van der Waals surface area contributed by atoms with Crippen molar-refractivity contribution in [2.75, 3.05) is 11.6 Å². The van der Waals surface area contributed by atoms with E-state index in [-0.39, 0.29) is 4.90 Å². The van der Waals surface area contributed by atoms with Crippen molar-refractivity contribution >= 4 is 50.1 Å². The third-order valence-corrected chi connectivity index (χ3v) is 5.12. The fourth-order valence-corrected chi connectivity index (χ4v) is 3.36. The molecular formula is C12H11Cl2NO2S2. The maximum absolute atomic E-state index is 11.5. The van der Waals surface area contributed by atoms with Crippen LogP contribution in [0.4, 0.5) is 5.69 Å². The lowest BCUT2D eigenvalue weighted by Gasteiger charge is -2.09. The third-order valence-electron chi connectivity index (χ3n) is 2.45. The van der Waals surface area contributed by atoms with E-state index in [1.165, 1.54) is 29.7 Å². The van der Waals surface area contributed by atoms with Gasteiger partial charge in [-0.25, -0.2) is 8.42 Å². The van der Waals surface area contributed by atoms with Gasteiger partial charge in [0.1, 0.15) is 0 Å². The lowest BCUT2D eigenvalue weighted by Crippen LogP contribution is -2.02. The van der Waals surface area contributed by atoms with E-state index in [4.69, 9.17) is 23.2 Å². The van der Waals surface area contributed by atoms with E-state index in [9.17, 15) is 8.42 Å². The molecule has 102 valence electrons. The Morgan fingerprint density at radius 3 is 2.53 bits per heavy atom. The Bertz CT molecular complexity index is 696. The molecule has 3 nitrogen and oxygen atoms in total. The monoisotopic (exact) mass is 335 g/mol. The second kappa shape index (κ2) is 5.71. The fraction of sp³-hybridized carbons (Fsp3) is 0.167. The van der Waals surface area contributed by atoms with Crippen molar-refractivity contribution in [3.8, 4) is 0 Å². The molecule has 1 heterocycles. The molecule has 2 aromatic rings. The molecule has 2 rings (SSSR count). The molecule has 0 radical (unpaired) electrons. The summed E-state index contributed by atoms with van der Waals surface area (Å²) in [5.74, 6) is 0. The minimum atomic E-state index is -3.24. The molecule has 1 N–H and O–H groups in total.